The van der Waals surface area contributed by atoms with Crippen molar-refractivity contribution in [1.82, 2.24) is 9.88 Å². The van der Waals surface area contributed by atoms with Gasteiger partial charge >= 0.3 is 12.4 Å². The number of alkyl halides is 6. The molecule has 0 aliphatic heterocycles. The molecule has 208 valence electrons. The Morgan fingerprint density at radius 3 is 2.15 bits per heavy atom. The van der Waals surface area contributed by atoms with E-state index in [0.717, 1.165) is 53.8 Å². The van der Waals surface area contributed by atoms with Crippen LogP contribution in [0.25, 0.3) is 10.9 Å². The predicted octanol–water partition coefficient (Wildman–Crippen LogP) is 7.81. The van der Waals surface area contributed by atoms with Crippen LogP contribution in [0.1, 0.15) is 54.9 Å². The number of para-hydroxylation sites is 1. The molecule has 1 heterocycles. The lowest BCUT2D eigenvalue weighted by molar-refractivity contribution is -0.143. The normalized spacial score (nSPS) is 14.7. The Morgan fingerprint density at radius 2 is 1.56 bits per heavy atom. The topological polar surface area (TPSA) is 43.2 Å². The largest absolute Gasteiger partial charge is 0.416 e. The first kappa shape index (κ1) is 28.7. The Balaban J connectivity index is 1.71. The highest BCUT2D eigenvalue weighted by atomic mass is 19.4. The Bertz CT molecular complexity index is 1290. The molecule has 0 bridgehead atoms. The van der Waals surface area contributed by atoms with Gasteiger partial charge in [-0.15, -0.1) is 0 Å². The van der Waals surface area contributed by atoms with Crippen LogP contribution in [-0.4, -0.2) is 29.5 Å². The molecule has 1 aliphatic rings. The van der Waals surface area contributed by atoms with Crippen molar-refractivity contribution in [3.8, 4) is 6.07 Å². The summed E-state index contributed by atoms with van der Waals surface area (Å²) in [5, 5.41) is 10.3. The van der Waals surface area contributed by atoms with Gasteiger partial charge in [0.15, 0.2) is 0 Å². The summed E-state index contributed by atoms with van der Waals surface area (Å²) in [7, 11) is 0. The summed E-state index contributed by atoms with van der Waals surface area (Å²) in [4.78, 5) is 8.66. The SMILES string of the molecule is CCN(CC1CCCC1)c1nc2ccccc2cc1CN(CC#N)Cc1cc(C(F)(F)F)cc(C(F)(F)F)c1. The molecule has 0 atom stereocenters. The summed E-state index contributed by atoms with van der Waals surface area (Å²) in [6.45, 7) is 3.23. The van der Waals surface area contributed by atoms with Gasteiger partial charge < -0.3 is 4.90 Å². The van der Waals surface area contributed by atoms with Crippen LogP contribution >= 0.6 is 0 Å². The van der Waals surface area contributed by atoms with Crippen LogP contribution in [0.3, 0.4) is 0 Å². The van der Waals surface area contributed by atoms with Gasteiger partial charge in [0.1, 0.15) is 5.82 Å². The van der Waals surface area contributed by atoms with Crippen LogP contribution in [0.15, 0.2) is 48.5 Å². The van der Waals surface area contributed by atoms with Crippen LogP contribution in [0.2, 0.25) is 0 Å². The van der Waals surface area contributed by atoms with Gasteiger partial charge in [-0.25, -0.2) is 4.98 Å². The van der Waals surface area contributed by atoms with E-state index in [2.05, 4.69) is 4.90 Å². The van der Waals surface area contributed by atoms with Crippen molar-refractivity contribution >= 4 is 16.7 Å². The number of pyridine rings is 1. The maximum Gasteiger partial charge on any atom is 0.416 e. The molecule has 1 aromatic heterocycles. The van der Waals surface area contributed by atoms with Gasteiger partial charge in [-0.1, -0.05) is 31.0 Å². The summed E-state index contributed by atoms with van der Waals surface area (Å²) >= 11 is 0. The summed E-state index contributed by atoms with van der Waals surface area (Å²) in [6.07, 6.45) is -5.23. The standard InChI is InChI=1S/C29H30F6N4/c1-2-39(18-20-7-3-4-8-20)27-23(15-22-9-5-6-10-26(22)37-27)19-38(12-11-36)17-21-13-24(28(30,31)32)16-25(14-21)29(33,34)35/h5-6,9-10,13-16,20H,2-4,7-8,12,17-19H2,1H3. The number of nitriles is 1. The number of hydrogen-bond acceptors (Lipinski definition) is 4. The summed E-state index contributed by atoms with van der Waals surface area (Å²) < 4.78 is 80.5. The van der Waals surface area contributed by atoms with E-state index in [9.17, 15) is 31.6 Å². The Hall–Kier alpha value is -3.32. The number of nitrogens with zero attached hydrogens (tertiary/aromatic N) is 4. The first-order chi connectivity index (χ1) is 18.5. The van der Waals surface area contributed by atoms with Crippen molar-refractivity contribution in [1.29, 1.82) is 5.26 Å². The number of rotatable bonds is 9. The molecule has 4 rings (SSSR count). The number of aromatic nitrogens is 1. The van der Waals surface area contributed by atoms with Crippen molar-refractivity contribution in [3.63, 3.8) is 0 Å². The molecule has 4 nitrogen and oxygen atoms in total. The Morgan fingerprint density at radius 1 is 0.923 bits per heavy atom. The molecule has 0 radical (unpaired) electrons. The number of hydrogen-bond donors (Lipinski definition) is 0. The lowest BCUT2D eigenvalue weighted by Crippen LogP contribution is -2.31. The summed E-state index contributed by atoms with van der Waals surface area (Å²) in [6, 6.07) is 13.1. The fourth-order valence-electron chi connectivity index (χ4n) is 5.29. The van der Waals surface area contributed by atoms with Gasteiger partial charge in [-0.05, 0) is 61.6 Å². The van der Waals surface area contributed by atoms with Gasteiger partial charge in [0.05, 0.1) is 29.3 Å². The summed E-state index contributed by atoms with van der Waals surface area (Å²) in [5.74, 6) is 1.26. The van der Waals surface area contributed by atoms with Crippen molar-refractivity contribution < 1.29 is 26.3 Å². The molecule has 10 heteroatoms. The fourth-order valence-corrected chi connectivity index (χ4v) is 5.29. The minimum absolute atomic E-state index is 0.117. The minimum Gasteiger partial charge on any atom is -0.356 e. The van der Waals surface area contributed by atoms with Crippen molar-refractivity contribution in [2.75, 3.05) is 24.5 Å². The van der Waals surface area contributed by atoms with Crippen LogP contribution in [0.4, 0.5) is 32.2 Å². The van der Waals surface area contributed by atoms with Crippen molar-refractivity contribution in [3.05, 3.63) is 70.8 Å². The number of anilines is 1. The molecule has 1 saturated carbocycles. The van der Waals surface area contributed by atoms with Gasteiger partial charge in [0.25, 0.3) is 0 Å². The molecule has 0 N–H and O–H groups in total. The van der Waals surface area contributed by atoms with Crippen LogP contribution < -0.4 is 4.90 Å². The van der Waals surface area contributed by atoms with Crippen molar-refractivity contribution in [2.24, 2.45) is 5.92 Å². The maximum atomic E-state index is 13.4. The minimum atomic E-state index is -4.94. The zero-order valence-electron chi connectivity index (χ0n) is 21.6. The number of fused-ring (bicyclic) bond motifs is 1. The zero-order chi connectivity index (χ0) is 28.2. The highest BCUT2D eigenvalue weighted by Gasteiger charge is 2.37. The molecular formula is C29H30F6N4. The quantitative estimate of drug-likeness (QED) is 0.202. The van der Waals surface area contributed by atoms with Crippen LogP contribution in [-0.2, 0) is 25.4 Å². The third kappa shape index (κ3) is 7.21. The van der Waals surface area contributed by atoms with Crippen molar-refractivity contribution in [2.45, 2.75) is 58.0 Å². The molecule has 0 amide bonds. The molecule has 1 fully saturated rings. The first-order valence-electron chi connectivity index (χ1n) is 13.0. The number of halogens is 6. The van der Waals surface area contributed by atoms with E-state index in [-0.39, 0.29) is 31.3 Å². The second kappa shape index (κ2) is 11.8. The maximum absolute atomic E-state index is 13.4. The third-order valence-electron chi connectivity index (χ3n) is 7.16. The van der Waals surface area contributed by atoms with E-state index in [1.807, 2.05) is 43.3 Å². The van der Waals surface area contributed by atoms with E-state index in [1.165, 1.54) is 12.8 Å². The molecule has 39 heavy (non-hydrogen) atoms. The Kier molecular flexibility index (Phi) is 8.70. The molecule has 1 aliphatic carbocycles. The van der Waals surface area contributed by atoms with Gasteiger partial charge in [-0.2, -0.15) is 31.6 Å². The van der Waals surface area contributed by atoms with Gasteiger partial charge in [0, 0.05) is 37.1 Å². The molecule has 0 saturated heterocycles. The average molecular weight is 549 g/mol. The fraction of sp³-hybridized carbons (Fsp3) is 0.448. The lowest BCUT2D eigenvalue weighted by Gasteiger charge is -2.29. The molecule has 2 aromatic carbocycles. The number of benzene rings is 2. The van der Waals surface area contributed by atoms with Gasteiger partial charge in [0.2, 0.25) is 0 Å². The zero-order valence-corrected chi connectivity index (χ0v) is 21.6. The predicted molar refractivity (Wildman–Crippen MR) is 138 cm³/mol. The third-order valence-corrected chi connectivity index (χ3v) is 7.16. The molecule has 3 aromatic rings. The summed E-state index contributed by atoms with van der Waals surface area (Å²) in [5.41, 5.74) is -1.34. The lowest BCUT2D eigenvalue weighted by atomic mass is 10.0. The second-order valence-corrected chi connectivity index (χ2v) is 10.1. The Labute approximate surface area is 223 Å². The molecular weight excluding hydrogens is 518 g/mol. The van der Waals surface area contributed by atoms with Crippen LogP contribution in [0.5, 0.6) is 0 Å². The highest BCUT2D eigenvalue weighted by molar-refractivity contribution is 5.81. The first-order valence-corrected chi connectivity index (χ1v) is 13.0. The van der Waals surface area contributed by atoms with Crippen LogP contribution in [0, 0.1) is 17.2 Å². The van der Waals surface area contributed by atoms with Gasteiger partial charge in [-0.3, -0.25) is 4.90 Å². The molecule has 0 spiro atoms. The highest BCUT2D eigenvalue weighted by Crippen LogP contribution is 2.37. The van der Waals surface area contributed by atoms with E-state index in [0.29, 0.717) is 12.5 Å². The monoisotopic (exact) mass is 548 g/mol. The van der Waals surface area contributed by atoms with E-state index < -0.39 is 23.5 Å². The average Bonchev–Trinajstić information content (AvgIpc) is 3.39. The van der Waals surface area contributed by atoms with E-state index in [4.69, 9.17) is 4.98 Å². The second-order valence-electron chi connectivity index (χ2n) is 10.1. The van der Waals surface area contributed by atoms with E-state index >= 15 is 0 Å². The molecule has 0 unspecified atom stereocenters. The van der Waals surface area contributed by atoms with E-state index in [1.54, 1.807) is 4.90 Å². The smallest absolute Gasteiger partial charge is 0.356 e.